The molecule has 0 fully saturated rings. The van der Waals surface area contributed by atoms with Crippen molar-refractivity contribution in [1.82, 2.24) is 4.72 Å². The number of anilines is 1. The molecule has 2 rings (SSSR count). The molecule has 0 atom stereocenters. The van der Waals surface area contributed by atoms with E-state index >= 15 is 0 Å². The normalized spacial score (nSPS) is 11.2. The van der Waals surface area contributed by atoms with Gasteiger partial charge in [-0.3, -0.25) is 4.79 Å². The highest BCUT2D eigenvalue weighted by atomic mass is 79.9. The number of halogens is 1. The average molecular weight is 455 g/mol. The first kappa shape index (κ1) is 21.4. The maximum Gasteiger partial charge on any atom is 0.240 e. The Labute approximate surface area is 168 Å². The maximum atomic E-state index is 12.3. The van der Waals surface area contributed by atoms with Crippen LogP contribution in [0.4, 0.5) is 5.69 Å². The van der Waals surface area contributed by atoms with Gasteiger partial charge < -0.3 is 10.1 Å². The van der Waals surface area contributed by atoms with Crippen molar-refractivity contribution in [3.63, 3.8) is 0 Å². The topological polar surface area (TPSA) is 84.5 Å². The van der Waals surface area contributed by atoms with E-state index in [9.17, 15) is 13.2 Å². The van der Waals surface area contributed by atoms with Crippen LogP contribution in [-0.2, 0) is 14.8 Å². The zero-order chi connectivity index (χ0) is 19.7. The summed E-state index contributed by atoms with van der Waals surface area (Å²) in [5.41, 5.74) is 0.431. The van der Waals surface area contributed by atoms with Gasteiger partial charge >= 0.3 is 0 Å². The minimum atomic E-state index is -3.58. The molecule has 0 aliphatic heterocycles. The number of carbonyl (C=O) groups excluding carboxylic acids is 1. The molecule has 0 unspecified atom stereocenters. The van der Waals surface area contributed by atoms with Crippen molar-refractivity contribution in [1.29, 1.82) is 0 Å². The van der Waals surface area contributed by atoms with Crippen molar-refractivity contribution in [2.24, 2.45) is 0 Å². The monoisotopic (exact) mass is 454 g/mol. The van der Waals surface area contributed by atoms with E-state index in [1.807, 2.05) is 31.2 Å². The van der Waals surface area contributed by atoms with E-state index in [-0.39, 0.29) is 23.8 Å². The van der Waals surface area contributed by atoms with Crippen molar-refractivity contribution in [2.45, 2.75) is 31.1 Å². The van der Waals surface area contributed by atoms with Crippen molar-refractivity contribution < 1.29 is 17.9 Å². The van der Waals surface area contributed by atoms with Gasteiger partial charge in [-0.05, 0) is 42.8 Å². The molecule has 27 heavy (non-hydrogen) atoms. The second kappa shape index (κ2) is 10.4. The smallest absolute Gasteiger partial charge is 0.240 e. The highest BCUT2D eigenvalue weighted by Gasteiger charge is 2.14. The zero-order valence-electron chi connectivity index (χ0n) is 15.1. The van der Waals surface area contributed by atoms with E-state index in [0.717, 1.165) is 17.3 Å². The first-order chi connectivity index (χ1) is 12.9. The van der Waals surface area contributed by atoms with Gasteiger partial charge in [0.15, 0.2) is 0 Å². The lowest BCUT2D eigenvalue weighted by atomic mass is 10.3. The first-order valence-corrected chi connectivity index (χ1v) is 11.0. The molecule has 0 saturated carbocycles. The summed E-state index contributed by atoms with van der Waals surface area (Å²) in [5.74, 6) is 0.418. The molecule has 146 valence electrons. The molecule has 0 bridgehead atoms. The molecule has 0 aliphatic rings. The van der Waals surface area contributed by atoms with Crippen LogP contribution in [0, 0.1) is 0 Å². The fourth-order valence-corrected chi connectivity index (χ4v) is 3.75. The maximum absolute atomic E-state index is 12.3. The van der Waals surface area contributed by atoms with Crippen molar-refractivity contribution in [3.05, 3.63) is 53.0 Å². The Kier molecular flexibility index (Phi) is 8.27. The summed E-state index contributed by atoms with van der Waals surface area (Å²) in [6.07, 6.45) is 1.83. The van der Waals surface area contributed by atoms with Gasteiger partial charge in [0.2, 0.25) is 15.9 Å². The lowest BCUT2D eigenvalue weighted by molar-refractivity contribution is -0.116. The molecule has 0 spiro atoms. The molecule has 6 nitrogen and oxygen atoms in total. The molecule has 1 amide bonds. The fraction of sp³-hybridized carbons (Fsp3) is 0.316. The Bertz CT molecular complexity index is 872. The van der Waals surface area contributed by atoms with E-state index in [1.165, 1.54) is 12.1 Å². The zero-order valence-corrected chi connectivity index (χ0v) is 17.5. The van der Waals surface area contributed by atoms with Crippen LogP contribution in [0.25, 0.3) is 0 Å². The van der Waals surface area contributed by atoms with Crippen LogP contribution in [0.5, 0.6) is 5.75 Å². The minimum absolute atomic E-state index is 0.127. The number of amides is 1. The molecular formula is C19H23BrN2O4S. The third-order valence-electron chi connectivity index (χ3n) is 3.64. The van der Waals surface area contributed by atoms with Crippen LogP contribution in [0.15, 0.2) is 57.9 Å². The molecule has 0 radical (unpaired) electrons. The third kappa shape index (κ3) is 7.32. The summed E-state index contributed by atoms with van der Waals surface area (Å²) in [7, 11) is -3.58. The SMILES string of the molecule is CCCCNS(=O)(=O)c1cccc(NC(=O)CCOc2cccc(Br)c2)c1. The molecule has 0 aromatic heterocycles. The Morgan fingerprint density at radius 3 is 2.67 bits per heavy atom. The molecule has 0 heterocycles. The first-order valence-electron chi connectivity index (χ1n) is 8.68. The van der Waals surface area contributed by atoms with Crippen molar-refractivity contribution >= 4 is 37.5 Å². The third-order valence-corrected chi connectivity index (χ3v) is 5.60. The number of rotatable bonds is 10. The van der Waals surface area contributed by atoms with Gasteiger partial charge in [-0.2, -0.15) is 0 Å². The van der Waals surface area contributed by atoms with Gasteiger partial charge in [0.1, 0.15) is 5.75 Å². The highest BCUT2D eigenvalue weighted by Crippen LogP contribution is 2.18. The number of ether oxygens (including phenoxy) is 1. The van der Waals surface area contributed by atoms with Gasteiger partial charge in [-0.1, -0.05) is 41.4 Å². The quantitative estimate of drug-likeness (QED) is 0.532. The van der Waals surface area contributed by atoms with Crippen LogP contribution in [0.3, 0.4) is 0 Å². The average Bonchev–Trinajstić information content (AvgIpc) is 2.62. The summed E-state index contributed by atoms with van der Waals surface area (Å²) in [5, 5.41) is 2.70. The predicted octanol–water partition coefficient (Wildman–Crippen LogP) is 3.94. The van der Waals surface area contributed by atoms with E-state index in [4.69, 9.17) is 4.74 Å². The lowest BCUT2D eigenvalue weighted by Gasteiger charge is -2.10. The Balaban J connectivity index is 1.88. The Hall–Kier alpha value is -1.90. The Morgan fingerprint density at radius 2 is 1.93 bits per heavy atom. The van der Waals surface area contributed by atoms with Crippen LogP contribution < -0.4 is 14.8 Å². The van der Waals surface area contributed by atoms with Crippen molar-refractivity contribution in [2.75, 3.05) is 18.5 Å². The number of sulfonamides is 1. The van der Waals surface area contributed by atoms with E-state index in [1.54, 1.807) is 12.1 Å². The predicted molar refractivity (Wildman–Crippen MR) is 109 cm³/mol. The second-order valence-electron chi connectivity index (χ2n) is 5.88. The van der Waals surface area contributed by atoms with Gasteiger partial charge in [0.25, 0.3) is 0 Å². The van der Waals surface area contributed by atoms with Crippen LogP contribution >= 0.6 is 15.9 Å². The fourth-order valence-electron chi connectivity index (χ4n) is 2.25. The molecule has 2 aromatic rings. The number of carbonyl (C=O) groups is 1. The molecule has 2 aromatic carbocycles. The summed E-state index contributed by atoms with van der Waals surface area (Å²) in [4.78, 5) is 12.2. The lowest BCUT2D eigenvalue weighted by Crippen LogP contribution is -2.25. The largest absolute Gasteiger partial charge is 0.493 e. The van der Waals surface area contributed by atoms with E-state index in [2.05, 4.69) is 26.0 Å². The van der Waals surface area contributed by atoms with Crippen LogP contribution in [0.2, 0.25) is 0 Å². The van der Waals surface area contributed by atoms with E-state index in [0.29, 0.717) is 18.0 Å². The minimum Gasteiger partial charge on any atom is -0.493 e. The Morgan fingerprint density at radius 1 is 1.15 bits per heavy atom. The summed E-state index contributed by atoms with van der Waals surface area (Å²) >= 11 is 3.36. The van der Waals surface area contributed by atoms with Crippen LogP contribution in [0.1, 0.15) is 26.2 Å². The summed E-state index contributed by atoms with van der Waals surface area (Å²) in [6, 6.07) is 13.6. The van der Waals surface area contributed by atoms with Gasteiger partial charge in [0.05, 0.1) is 17.9 Å². The van der Waals surface area contributed by atoms with E-state index < -0.39 is 10.0 Å². The van der Waals surface area contributed by atoms with Crippen LogP contribution in [-0.4, -0.2) is 27.5 Å². The number of hydrogen-bond acceptors (Lipinski definition) is 4. The summed E-state index contributed by atoms with van der Waals surface area (Å²) in [6.45, 7) is 2.60. The molecule has 0 saturated heterocycles. The second-order valence-corrected chi connectivity index (χ2v) is 8.57. The molecule has 2 N–H and O–H groups in total. The molecular weight excluding hydrogens is 432 g/mol. The molecule has 0 aliphatic carbocycles. The van der Waals surface area contributed by atoms with Gasteiger partial charge in [-0.15, -0.1) is 0 Å². The molecule has 8 heteroatoms. The van der Waals surface area contributed by atoms with Crippen molar-refractivity contribution in [3.8, 4) is 5.75 Å². The number of hydrogen-bond donors (Lipinski definition) is 2. The number of unbranched alkanes of at least 4 members (excludes halogenated alkanes) is 1. The van der Waals surface area contributed by atoms with Gasteiger partial charge in [0, 0.05) is 16.7 Å². The highest BCUT2D eigenvalue weighted by molar-refractivity contribution is 9.10. The number of benzene rings is 2. The number of nitrogens with one attached hydrogen (secondary N) is 2. The standard InChI is InChI=1S/C19H23BrN2O4S/c1-2-3-11-21-27(24,25)18-9-5-7-16(14-18)22-19(23)10-12-26-17-8-4-6-15(20)13-17/h4-9,13-14,21H,2-3,10-12H2,1H3,(H,22,23). The van der Waals surface area contributed by atoms with Gasteiger partial charge in [-0.25, -0.2) is 13.1 Å². The summed E-state index contributed by atoms with van der Waals surface area (Å²) < 4.78 is 33.5.